The third kappa shape index (κ3) is 4.01. The number of carbonyl (C=O) groups excluding carboxylic acids is 1. The molecule has 1 amide bonds. The molecular weight excluding hydrogens is 408 g/mol. The summed E-state index contributed by atoms with van der Waals surface area (Å²) >= 11 is 0. The molecule has 9 nitrogen and oxygen atoms in total. The van der Waals surface area contributed by atoms with E-state index < -0.39 is 15.9 Å². The Morgan fingerprint density at radius 3 is 2.70 bits per heavy atom. The molecule has 1 aliphatic rings. The van der Waals surface area contributed by atoms with E-state index in [4.69, 9.17) is 8.83 Å². The molecule has 0 bridgehead atoms. The molecule has 1 aliphatic heterocycles. The van der Waals surface area contributed by atoms with Gasteiger partial charge in [0.25, 0.3) is 11.8 Å². The normalized spacial score (nSPS) is 17.7. The summed E-state index contributed by atoms with van der Waals surface area (Å²) in [5.41, 5.74) is 0.275. The maximum Gasteiger partial charge on any atom is 0.322 e. The molecule has 3 aromatic rings. The fraction of sp³-hybridized carbons (Fsp3) is 0.350. The van der Waals surface area contributed by atoms with E-state index in [-0.39, 0.29) is 28.4 Å². The topological polar surface area (TPSA) is 119 Å². The summed E-state index contributed by atoms with van der Waals surface area (Å²) < 4.78 is 38.2. The van der Waals surface area contributed by atoms with Gasteiger partial charge in [0, 0.05) is 18.2 Å². The fourth-order valence-electron chi connectivity index (χ4n) is 3.55. The second kappa shape index (κ2) is 8.41. The van der Waals surface area contributed by atoms with Gasteiger partial charge in [-0.3, -0.25) is 10.1 Å². The van der Waals surface area contributed by atoms with E-state index in [0.29, 0.717) is 12.3 Å². The molecule has 0 spiro atoms. The van der Waals surface area contributed by atoms with Crippen LogP contribution in [-0.4, -0.2) is 41.4 Å². The van der Waals surface area contributed by atoms with Crippen molar-refractivity contribution in [2.75, 3.05) is 11.9 Å². The van der Waals surface area contributed by atoms with Crippen molar-refractivity contribution in [1.82, 2.24) is 14.5 Å². The molecule has 1 N–H and O–H groups in total. The van der Waals surface area contributed by atoms with E-state index in [1.807, 2.05) is 6.92 Å². The van der Waals surface area contributed by atoms with Crippen molar-refractivity contribution >= 4 is 21.9 Å². The van der Waals surface area contributed by atoms with Crippen LogP contribution in [0.5, 0.6) is 0 Å². The molecule has 1 saturated heterocycles. The molecule has 0 saturated carbocycles. The van der Waals surface area contributed by atoms with Gasteiger partial charge in [-0.15, -0.1) is 5.10 Å². The van der Waals surface area contributed by atoms with E-state index in [2.05, 4.69) is 15.5 Å². The van der Waals surface area contributed by atoms with Crippen molar-refractivity contribution < 1.29 is 22.0 Å². The van der Waals surface area contributed by atoms with Gasteiger partial charge < -0.3 is 8.83 Å². The van der Waals surface area contributed by atoms with Gasteiger partial charge in [0.15, 0.2) is 5.76 Å². The second-order valence-electron chi connectivity index (χ2n) is 7.04. The molecule has 30 heavy (non-hydrogen) atoms. The zero-order valence-electron chi connectivity index (χ0n) is 16.4. The highest BCUT2D eigenvalue weighted by atomic mass is 32.2. The maximum absolute atomic E-state index is 13.0. The third-order valence-corrected chi connectivity index (χ3v) is 7.11. The number of carbonyl (C=O) groups is 1. The number of furan rings is 1. The highest BCUT2D eigenvalue weighted by Crippen LogP contribution is 2.27. The van der Waals surface area contributed by atoms with Crippen LogP contribution in [-0.2, 0) is 10.0 Å². The molecule has 2 aromatic heterocycles. The number of anilines is 1. The van der Waals surface area contributed by atoms with E-state index in [9.17, 15) is 13.2 Å². The zero-order valence-corrected chi connectivity index (χ0v) is 17.3. The van der Waals surface area contributed by atoms with E-state index in [1.54, 1.807) is 16.4 Å². The predicted molar refractivity (Wildman–Crippen MR) is 108 cm³/mol. The minimum absolute atomic E-state index is 0.0209. The summed E-state index contributed by atoms with van der Waals surface area (Å²) in [4.78, 5) is 12.6. The van der Waals surface area contributed by atoms with Crippen LogP contribution >= 0.6 is 0 Å². The third-order valence-electron chi connectivity index (χ3n) is 5.14. The van der Waals surface area contributed by atoms with Gasteiger partial charge in [0.2, 0.25) is 10.0 Å². The van der Waals surface area contributed by atoms with Crippen LogP contribution in [0.4, 0.5) is 6.01 Å². The number of hydrogen-bond acceptors (Lipinski definition) is 7. The predicted octanol–water partition coefficient (Wildman–Crippen LogP) is 3.54. The van der Waals surface area contributed by atoms with Crippen molar-refractivity contribution in [1.29, 1.82) is 0 Å². The SMILES string of the molecule is CC[C@H]1CCCCN1S(=O)(=O)c1ccc(C(=O)Nc2nnc(-c3ccco3)o2)cc1. The molecule has 10 heteroatoms. The summed E-state index contributed by atoms with van der Waals surface area (Å²) in [7, 11) is -3.60. The van der Waals surface area contributed by atoms with Gasteiger partial charge in [0.1, 0.15) is 0 Å². The number of aromatic nitrogens is 2. The Labute approximate surface area is 174 Å². The Morgan fingerprint density at radius 2 is 2.00 bits per heavy atom. The smallest absolute Gasteiger partial charge is 0.322 e. The van der Waals surface area contributed by atoms with E-state index in [0.717, 1.165) is 25.7 Å². The highest BCUT2D eigenvalue weighted by molar-refractivity contribution is 7.89. The Hall–Kier alpha value is -2.98. The van der Waals surface area contributed by atoms with Crippen LogP contribution in [0.1, 0.15) is 43.0 Å². The van der Waals surface area contributed by atoms with Gasteiger partial charge in [-0.1, -0.05) is 18.4 Å². The number of amides is 1. The van der Waals surface area contributed by atoms with Crippen molar-refractivity contribution in [3.63, 3.8) is 0 Å². The lowest BCUT2D eigenvalue weighted by Gasteiger charge is -2.34. The van der Waals surface area contributed by atoms with Crippen molar-refractivity contribution in [3.05, 3.63) is 48.2 Å². The first-order chi connectivity index (χ1) is 14.5. The van der Waals surface area contributed by atoms with Crippen molar-refractivity contribution in [3.8, 4) is 11.7 Å². The number of rotatable bonds is 6. The molecular formula is C20H22N4O5S. The summed E-state index contributed by atoms with van der Waals surface area (Å²) in [6.07, 6.45) is 5.03. The maximum atomic E-state index is 13.0. The number of nitrogens with zero attached hydrogens (tertiary/aromatic N) is 3. The lowest BCUT2D eigenvalue weighted by molar-refractivity contribution is 0.102. The van der Waals surface area contributed by atoms with Gasteiger partial charge in [-0.2, -0.15) is 4.31 Å². The molecule has 0 radical (unpaired) electrons. The quantitative estimate of drug-likeness (QED) is 0.635. The standard InChI is InChI=1S/C20H22N4O5S/c1-2-15-6-3-4-12-24(15)30(26,27)16-10-8-14(9-11-16)18(25)21-20-23-22-19(29-20)17-7-5-13-28-17/h5,7-11,13,15H,2-4,6,12H2,1H3,(H,21,23,25)/t15-/m0/s1. The largest absolute Gasteiger partial charge is 0.459 e. The molecule has 3 heterocycles. The van der Waals surface area contributed by atoms with Crippen LogP contribution < -0.4 is 5.32 Å². The monoisotopic (exact) mass is 430 g/mol. The molecule has 1 fully saturated rings. The summed E-state index contributed by atoms with van der Waals surface area (Å²) in [5, 5.41) is 10.1. The van der Waals surface area contributed by atoms with E-state index in [1.165, 1.54) is 30.5 Å². The molecule has 1 atom stereocenters. The fourth-order valence-corrected chi connectivity index (χ4v) is 5.32. The Balaban J connectivity index is 1.47. The van der Waals surface area contributed by atoms with Crippen LogP contribution in [0.3, 0.4) is 0 Å². The minimum atomic E-state index is -3.60. The molecule has 158 valence electrons. The van der Waals surface area contributed by atoms with Gasteiger partial charge in [-0.25, -0.2) is 8.42 Å². The summed E-state index contributed by atoms with van der Waals surface area (Å²) in [6.45, 7) is 2.53. The minimum Gasteiger partial charge on any atom is -0.459 e. The van der Waals surface area contributed by atoms with Crippen LogP contribution in [0, 0.1) is 0 Å². The van der Waals surface area contributed by atoms with Crippen molar-refractivity contribution in [2.24, 2.45) is 0 Å². The van der Waals surface area contributed by atoms with Gasteiger partial charge in [-0.05, 0) is 55.7 Å². The van der Waals surface area contributed by atoms with E-state index >= 15 is 0 Å². The number of piperidine rings is 1. The lowest BCUT2D eigenvalue weighted by atomic mass is 10.0. The molecule has 0 unspecified atom stereocenters. The van der Waals surface area contributed by atoms with Crippen LogP contribution in [0.25, 0.3) is 11.7 Å². The number of hydrogen-bond donors (Lipinski definition) is 1. The second-order valence-corrected chi connectivity index (χ2v) is 8.93. The first kappa shape index (κ1) is 20.3. The highest BCUT2D eigenvalue weighted by Gasteiger charge is 2.32. The Kier molecular flexibility index (Phi) is 5.69. The molecule has 4 rings (SSSR count). The summed E-state index contributed by atoms with van der Waals surface area (Å²) in [6, 6.07) is 9.12. The zero-order chi connectivity index (χ0) is 21.1. The average Bonchev–Trinajstić information content (AvgIpc) is 3.46. The van der Waals surface area contributed by atoms with Crippen LogP contribution in [0.15, 0.2) is 56.4 Å². The Morgan fingerprint density at radius 1 is 1.20 bits per heavy atom. The summed E-state index contributed by atoms with van der Waals surface area (Å²) in [5.74, 6) is 0.0439. The number of nitrogens with one attached hydrogen (secondary N) is 1. The van der Waals surface area contributed by atoms with Gasteiger partial charge >= 0.3 is 6.01 Å². The average molecular weight is 430 g/mol. The first-order valence-electron chi connectivity index (χ1n) is 9.79. The van der Waals surface area contributed by atoms with Crippen molar-refractivity contribution in [2.45, 2.75) is 43.5 Å². The van der Waals surface area contributed by atoms with Crippen LogP contribution in [0.2, 0.25) is 0 Å². The first-order valence-corrected chi connectivity index (χ1v) is 11.2. The number of sulfonamides is 1. The molecule has 0 aliphatic carbocycles. The number of benzene rings is 1. The Bertz CT molecular complexity index is 1110. The van der Waals surface area contributed by atoms with Gasteiger partial charge in [0.05, 0.1) is 11.2 Å². The lowest BCUT2D eigenvalue weighted by Crippen LogP contribution is -2.43. The molecule has 1 aromatic carbocycles.